The number of halogens is 1. The first-order valence-corrected chi connectivity index (χ1v) is 5.86. The van der Waals surface area contributed by atoms with Crippen LogP contribution in [0.15, 0.2) is 42.5 Å². The van der Waals surface area contributed by atoms with Crippen molar-refractivity contribution in [1.29, 1.82) is 0 Å². The molecular weight excluding hydrogens is 248 g/mol. The molecule has 0 fully saturated rings. The Morgan fingerprint density at radius 1 is 1.11 bits per heavy atom. The van der Waals surface area contributed by atoms with Gasteiger partial charge < -0.3 is 0 Å². The molecule has 0 aliphatic rings. The van der Waals surface area contributed by atoms with Crippen molar-refractivity contribution in [2.45, 2.75) is 6.92 Å². The Morgan fingerprint density at radius 3 is 2.39 bits per heavy atom. The number of carbonyl (C=O) groups is 2. The lowest BCUT2D eigenvalue weighted by atomic mass is 9.96. The molecule has 2 aromatic carbocycles. The smallest absolute Gasteiger partial charge is 0.193 e. The second-order valence-corrected chi connectivity index (χ2v) is 4.41. The highest BCUT2D eigenvalue weighted by atomic mass is 35.5. The van der Waals surface area contributed by atoms with Crippen molar-refractivity contribution < 1.29 is 9.59 Å². The number of rotatable bonds is 3. The molecule has 0 bridgehead atoms. The van der Waals surface area contributed by atoms with Crippen LogP contribution in [0.3, 0.4) is 0 Å². The molecule has 0 unspecified atom stereocenters. The van der Waals surface area contributed by atoms with Crippen LogP contribution in [-0.2, 0) is 0 Å². The van der Waals surface area contributed by atoms with Crippen LogP contribution in [0.4, 0.5) is 0 Å². The fraction of sp³-hybridized carbons (Fsp3) is 0.0667. The van der Waals surface area contributed by atoms with Gasteiger partial charge in [0.1, 0.15) is 6.29 Å². The Bertz CT molecular complexity index is 600. The fourth-order valence-corrected chi connectivity index (χ4v) is 1.91. The molecule has 0 aromatic heterocycles. The van der Waals surface area contributed by atoms with Crippen molar-refractivity contribution in [3.8, 4) is 0 Å². The minimum absolute atomic E-state index is 0.104. The van der Waals surface area contributed by atoms with E-state index in [9.17, 15) is 9.59 Å². The quantitative estimate of drug-likeness (QED) is 0.621. The summed E-state index contributed by atoms with van der Waals surface area (Å²) in [4.78, 5) is 23.1. The molecule has 0 saturated carbocycles. The third kappa shape index (κ3) is 2.34. The average molecular weight is 259 g/mol. The molecule has 2 nitrogen and oxygen atoms in total. The second-order valence-electron chi connectivity index (χ2n) is 3.97. The van der Waals surface area contributed by atoms with Crippen molar-refractivity contribution in [3.63, 3.8) is 0 Å². The molecule has 3 heteroatoms. The van der Waals surface area contributed by atoms with E-state index in [0.717, 1.165) is 6.29 Å². The van der Waals surface area contributed by atoms with Gasteiger partial charge in [0.05, 0.1) is 0 Å². The summed E-state index contributed by atoms with van der Waals surface area (Å²) in [5.74, 6) is -0.104. The monoisotopic (exact) mass is 258 g/mol. The van der Waals surface area contributed by atoms with Gasteiger partial charge in [-0.3, -0.25) is 9.59 Å². The summed E-state index contributed by atoms with van der Waals surface area (Å²) in [5.41, 5.74) is 2.34. The number of aldehydes is 1. The minimum atomic E-state index is -0.104. The van der Waals surface area contributed by atoms with Gasteiger partial charge >= 0.3 is 0 Å². The zero-order valence-corrected chi connectivity index (χ0v) is 10.6. The number of ketones is 1. The third-order valence-electron chi connectivity index (χ3n) is 2.85. The highest BCUT2D eigenvalue weighted by molar-refractivity contribution is 6.30. The van der Waals surface area contributed by atoms with Crippen molar-refractivity contribution >= 4 is 23.7 Å². The zero-order valence-electron chi connectivity index (χ0n) is 9.81. The lowest BCUT2D eigenvalue weighted by Gasteiger charge is -2.07. The van der Waals surface area contributed by atoms with E-state index in [-0.39, 0.29) is 5.78 Å². The minimum Gasteiger partial charge on any atom is -0.298 e. The summed E-state index contributed by atoms with van der Waals surface area (Å²) in [6.07, 6.45) is 0.758. The molecule has 0 spiro atoms. The first kappa shape index (κ1) is 12.5. The lowest BCUT2D eigenvalue weighted by Crippen LogP contribution is -2.05. The first-order valence-electron chi connectivity index (χ1n) is 5.48. The Labute approximate surface area is 110 Å². The Balaban J connectivity index is 2.46. The standard InChI is InChI=1S/C15H11ClO2/c1-10-12(9-17)3-2-4-14(10)15(18)11-5-7-13(16)8-6-11/h2-9H,1H3. The number of hydrogen-bond acceptors (Lipinski definition) is 2. The van der Waals surface area contributed by atoms with Crippen LogP contribution in [0.25, 0.3) is 0 Å². The van der Waals surface area contributed by atoms with E-state index in [0.29, 0.717) is 27.3 Å². The van der Waals surface area contributed by atoms with E-state index >= 15 is 0 Å². The maximum absolute atomic E-state index is 12.3. The van der Waals surface area contributed by atoms with Crippen LogP contribution in [0.5, 0.6) is 0 Å². The van der Waals surface area contributed by atoms with Crippen molar-refractivity contribution in [3.05, 3.63) is 69.7 Å². The van der Waals surface area contributed by atoms with Gasteiger partial charge in [-0.25, -0.2) is 0 Å². The predicted octanol–water partition coefficient (Wildman–Crippen LogP) is 3.69. The van der Waals surface area contributed by atoms with Gasteiger partial charge in [0.15, 0.2) is 5.78 Å². The maximum Gasteiger partial charge on any atom is 0.193 e. The molecule has 0 aliphatic carbocycles. The molecule has 0 heterocycles. The molecule has 0 saturated heterocycles. The van der Waals surface area contributed by atoms with Crippen LogP contribution >= 0.6 is 11.6 Å². The molecule has 0 radical (unpaired) electrons. The Hall–Kier alpha value is -1.93. The normalized spacial score (nSPS) is 10.1. The highest BCUT2D eigenvalue weighted by Crippen LogP contribution is 2.18. The Kier molecular flexibility index (Phi) is 3.58. The van der Waals surface area contributed by atoms with E-state index < -0.39 is 0 Å². The summed E-state index contributed by atoms with van der Waals surface area (Å²) in [6, 6.07) is 11.8. The van der Waals surface area contributed by atoms with Crippen molar-refractivity contribution in [1.82, 2.24) is 0 Å². The van der Waals surface area contributed by atoms with Gasteiger partial charge in [-0.2, -0.15) is 0 Å². The predicted molar refractivity (Wildman–Crippen MR) is 71.5 cm³/mol. The second kappa shape index (κ2) is 5.15. The molecule has 2 rings (SSSR count). The van der Waals surface area contributed by atoms with E-state index in [1.165, 1.54) is 0 Å². The van der Waals surface area contributed by atoms with E-state index in [2.05, 4.69) is 0 Å². The largest absolute Gasteiger partial charge is 0.298 e. The highest BCUT2D eigenvalue weighted by Gasteiger charge is 2.13. The maximum atomic E-state index is 12.3. The molecule has 0 atom stereocenters. The summed E-state index contributed by atoms with van der Waals surface area (Å²) in [5, 5.41) is 0.588. The van der Waals surface area contributed by atoms with Gasteiger partial charge in [0.2, 0.25) is 0 Å². The molecule has 0 aliphatic heterocycles. The summed E-state index contributed by atoms with van der Waals surface area (Å²) in [6.45, 7) is 1.77. The molecule has 2 aromatic rings. The van der Waals surface area contributed by atoms with Gasteiger partial charge in [-0.15, -0.1) is 0 Å². The van der Waals surface area contributed by atoms with Gasteiger partial charge in [-0.05, 0) is 36.8 Å². The van der Waals surface area contributed by atoms with Crippen molar-refractivity contribution in [2.24, 2.45) is 0 Å². The van der Waals surface area contributed by atoms with Crippen molar-refractivity contribution in [2.75, 3.05) is 0 Å². The van der Waals surface area contributed by atoms with Crippen LogP contribution in [0.2, 0.25) is 5.02 Å². The molecule has 0 amide bonds. The lowest BCUT2D eigenvalue weighted by molar-refractivity contribution is 0.103. The van der Waals surface area contributed by atoms with Gasteiger partial charge in [-0.1, -0.05) is 29.8 Å². The number of hydrogen-bond donors (Lipinski definition) is 0. The summed E-state index contributed by atoms with van der Waals surface area (Å²) in [7, 11) is 0. The first-order chi connectivity index (χ1) is 8.63. The fourth-order valence-electron chi connectivity index (χ4n) is 1.78. The summed E-state index contributed by atoms with van der Waals surface area (Å²) >= 11 is 5.78. The number of carbonyl (C=O) groups excluding carboxylic acids is 2. The molecule has 0 N–H and O–H groups in total. The van der Waals surface area contributed by atoms with Crippen LogP contribution in [0, 0.1) is 6.92 Å². The Morgan fingerprint density at radius 2 is 1.78 bits per heavy atom. The van der Waals surface area contributed by atoms with Crippen LogP contribution < -0.4 is 0 Å². The summed E-state index contributed by atoms with van der Waals surface area (Å²) < 4.78 is 0. The van der Waals surface area contributed by atoms with Gasteiger partial charge in [0, 0.05) is 21.7 Å². The van der Waals surface area contributed by atoms with E-state index in [4.69, 9.17) is 11.6 Å². The SMILES string of the molecule is Cc1c(C=O)cccc1C(=O)c1ccc(Cl)cc1. The topological polar surface area (TPSA) is 34.1 Å². The zero-order chi connectivity index (χ0) is 13.1. The average Bonchev–Trinajstić information content (AvgIpc) is 2.39. The van der Waals surface area contributed by atoms with Crippen LogP contribution in [-0.4, -0.2) is 12.1 Å². The van der Waals surface area contributed by atoms with E-state index in [1.807, 2.05) is 0 Å². The molecular formula is C15H11ClO2. The van der Waals surface area contributed by atoms with E-state index in [1.54, 1.807) is 49.4 Å². The van der Waals surface area contributed by atoms with Gasteiger partial charge in [0.25, 0.3) is 0 Å². The number of benzene rings is 2. The van der Waals surface area contributed by atoms with Crippen LogP contribution in [0.1, 0.15) is 31.8 Å². The third-order valence-corrected chi connectivity index (χ3v) is 3.11. The molecule has 18 heavy (non-hydrogen) atoms. The molecule has 90 valence electrons.